The van der Waals surface area contributed by atoms with Crippen LogP contribution >= 0.6 is 0 Å². The number of aromatic nitrogens is 3. The molecule has 0 aliphatic carbocycles. The Hall–Kier alpha value is -2.31. The molecule has 7 heteroatoms. The first kappa shape index (κ1) is 11.2. The van der Waals surface area contributed by atoms with Crippen molar-refractivity contribution < 1.29 is 8.78 Å². The van der Waals surface area contributed by atoms with Crippen molar-refractivity contribution in [3.05, 3.63) is 56.9 Å². The Bertz CT molecular complexity index is 691. The van der Waals surface area contributed by atoms with Gasteiger partial charge in [0.1, 0.15) is 17.7 Å². The van der Waals surface area contributed by atoms with E-state index in [0.717, 1.165) is 22.9 Å². The molecular formula is C10H7F2N3O2. The van der Waals surface area contributed by atoms with Crippen LogP contribution in [-0.4, -0.2) is 14.3 Å². The molecule has 0 N–H and O–H groups in total. The van der Waals surface area contributed by atoms with Crippen molar-refractivity contribution >= 4 is 0 Å². The quantitative estimate of drug-likeness (QED) is 0.714. The van der Waals surface area contributed by atoms with Gasteiger partial charge < -0.3 is 0 Å². The highest BCUT2D eigenvalue weighted by molar-refractivity contribution is 5.32. The number of halogens is 2. The third-order valence-electron chi connectivity index (χ3n) is 2.22. The van der Waals surface area contributed by atoms with E-state index in [4.69, 9.17) is 0 Å². The molecule has 88 valence electrons. The Kier molecular flexibility index (Phi) is 2.58. The van der Waals surface area contributed by atoms with E-state index in [1.54, 1.807) is 0 Å². The van der Waals surface area contributed by atoms with Crippen molar-refractivity contribution in [2.45, 2.75) is 0 Å². The summed E-state index contributed by atoms with van der Waals surface area (Å²) in [7, 11) is 1.24. The van der Waals surface area contributed by atoms with Crippen LogP contribution in [0.3, 0.4) is 0 Å². The molecule has 0 fully saturated rings. The molecule has 5 nitrogen and oxygen atoms in total. The summed E-state index contributed by atoms with van der Waals surface area (Å²) in [5, 5.41) is 3.51. The SMILES string of the molecule is Cn1c(=O)cnn(-c2ccc(F)cc2F)c1=O. The van der Waals surface area contributed by atoms with E-state index < -0.39 is 22.9 Å². The van der Waals surface area contributed by atoms with Crippen molar-refractivity contribution in [1.29, 1.82) is 0 Å². The van der Waals surface area contributed by atoms with Crippen LogP contribution in [0.15, 0.2) is 34.0 Å². The minimum Gasteiger partial charge on any atom is -0.267 e. The van der Waals surface area contributed by atoms with Crippen LogP contribution in [0.5, 0.6) is 0 Å². The molecule has 2 rings (SSSR count). The summed E-state index contributed by atoms with van der Waals surface area (Å²) >= 11 is 0. The van der Waals surface area contributed by atoms with Gasteiger partial charge in [-0.1, -0.05) is 0 Å². The van der Waals surface area contributed by atoms with Gasteiger partial charge in [0.05, 0.1) is 0 Å². The Balaban J connectivity index is 2.74. The number of hydrogen-bond donors (Lipinski definition) is 0. The maximum Gasteiger partial charge on any atom is 0.352 e. The maximum atomic E-state index is 13.4. The number of hydrogen-bond acceptors (Lipinski definition) is 3. The minimum atomic E-state index is -0.932. The molecular weight excluding hydrogens is 232 g/mol. The number of benzene rings is 1. The molecule has 1 heterocycles. The highest BCUT2D eigenvalue weighted by Gasteiger charge is 2.10. The lowest BCUT2D eigenvalue weighted by molar-refractivity contribution is 0.560. The Morgan fingerprint density at radius 2 is 1.94 bits per heavy atom. The lowest BCUT2D eigenvalue weighted by Gasteiger charge is -2.06. The Morgan fingerprint density at radius 3 is 2.59 bits per heavy atom. The summed E-state index contributed by atoms with van der Waals surface area (Å²) in [4.78, 5) is 22.7. The lowest BCUT2D eigenvalue weighted by atomic mass is 10.3. The predicted octanol–water partition coefficient (Wildman–Crippen LogP) is 0.209. The van der Waals surface area contributed by atoms with Gasteiger partial charge in [-0.15, -0.1) is 0 Å². The van der Waals surface area contributed by atoms with Gasteiger partial charge in [-0.25, -0.2) is 13.6 Å². The van der Waals surface area contributed by atoms with Crippen molar-refractivity contribution in [2.24, 2.45) is 7.05 Å². The van der Waals surface area contributed by atoms with Crippen LogP contribution < -0.4 is 11.2 Å². The van der Waals surface area contributed by atoms with E-state index in [9.17, 15) is 18.4 Å². The third kappa shape index (κ3) is 1.86. The summed E-state index contributed by atoms with van der Waals surface area (Å²) in [6.45, 7) is 0. The van der Waals surface area contributed by atoms with Crippen molar-refractivity contribution in [3.63, 3.8) is 0 Å². The molecule has 0 amide bonds. The van der Waals surface area contributed by atoms with Crippen LogP contribution in [0.2, 0.25) is 0 Å². The fourth-order valence-corrected chi connectivity index (χ4v) is 1.30. The van der Waals surface area contributed by atoms with Crippen LogP contribution in [-0.2, 0) is 7.05 Å². The van der Waals surface area contributed by atoms with E-state index in [1.807, 2.05) is 0 Å². The first-order valence-corrected chi connectivity index (χ1v) is 4.61. The normalized spacial score (nSPS) is 10.5. The molecule has 0 saturated carbocycles. The molecule has 0 atom stereocenters. The molecule has 0 spiro atoms. The molecule has 0 bridgehead atoms. The van der Waals surface area contributed by atoms with Gasteiger partial charge in [0.2, 0.25) is 0 Å². The first-order valence-electron chi connectivity index (χ1n) is 4.61. The highest BCUT2D eigenvalue weighted by atomic mass is 19.1. The maximum absolute atomic E-state index is 13.4. The molecule has 0 aliphatic heterocycles. The lowest BCUT2D eigenvalue weighted by Crippen LogP contribution is -2.38. The first-order chi connectivity index (χ1) is 8.00. The zero-order valence-electron chi connectivity index (χ0n) is 8.72. The molecule has 1 aromatic heterocycles. The molecule has 0 aliphatic rings. The molecule has 0 unspecified atom stereocenters. The second-order valence-electron chi connectivity index (χ2n) is 3.33. The summed E-state index contributed by atoms with van der Waals surface area (Å²) in [6.07, 6.45) is 0.879. The van der Waals surface area contributed by atoms with Gasteiger partial charge in [0, 0.05) is 13.1 Å². The minimum absolute atomic E-state index is 0.216. The van der Waals surface area contributed by atoms with E-state index in [-0.39, 0.29) is 5.69 Å². The molecule has 1 aromatic carbocycles. The average Bonchev–Trinajstić information content (AvgIpc) is 2.28. The predicted molar refractivity (Wildman–Crippen MR) is 55.0 cm³/mol. The van der Waals surface area contributed by atoms with Crippen LogP contribution in [0, 0.1) is 11.6 Å². The van der Waals surface area contributed by atoms with Crippen molar-refractivity contribution in [1.82, 2.24) is 14.3 Å². The van der Waals surface area contributed by atoms with E-state index >= 15 is 0 Å². The molecule has 2 aromatic rings. The topological polar surface area (TPSA) is 56.9 Å². The Labute approximate surface area is 93.6 Å². The smallest absolute Gasteiger partial charge is 0.267 e. The summed E-state index contributed by atoms with van der Waals surface area (Å²) in [6, 6.07) is 2.70. The van der Waals surface area contributed by atoms with Crippen LogP contribution in [0.4, 0.5) is 8.78 Å². The fraction of sp³-hybridized carbons (Fsp3) is 0.100. The van der Waals surface area contributed by atoms with E-state index in [0.29, 0.717) is 10.7 Å². The van der Waals surface area contributed by atoms with Crippen LogP contribution in [0.1, 0.15) is 0 Å². The second-order valence-corrected chi connectivity index (χ2v) is 3.33. The molecule has 0 saturated heterocycles. The van der Waals surface area contributed by atoms with E-state index in [1.165, 1.54) is 7.05 Å². The fourth-order valence-electron chi connectivity index (χ4n) is 1.30. The molecule has 0 radical (unpaired) electrons. The summed E-state index contributed by atoms with van der Waals surface area (Å²) in [5.41, 5.74) is -1.62. The summed E-state index contributed by atoms with van der Waals surface area (Å²) in [5.74, 6) is -1.69. The largest absolute Gasteiger partial charge is 0.352 e. The third-order valence-corrected chi connectivity index (χ3v) is 2.22. The van der Waals surface area contributed by atoms with Gasteiger partial charge in [-0.3, -0.25) is 9.36 Å². The average molecular weight is 239 g/mol. The van der Waals surface area contributed by atoms with Gasteiger partial charge in [-0.2, -0.15) is 9.78 Å². The monoisotopic (exact) mass is 239 g/mol. The van der Waals surface area contributed by atoms with Crippen molar-refractivity contribution in [3.8, 4) is 5.69 Å². The highest BCUT2D eigenvalue weighted by Crippen LogP contribution is 2.11. The Morgan fingerprint density at radius 1 is 1.24 bits per heavy atom. The second kappa shape index (κ2) is 3.93. The van der Waals surface area contributed by atoms with Crippen LogP contribution in [0.25, 0.3) is 5.69 Å². The zero-order valence-corrected chi connectivity index (χ0v) is 8.72. The van der Waals surface area contributed by atoms with Gasteiger partial charge in [-0.05, 0) is 12.1 Å². The molecule has 17 heavy (non-hydrogen) atoms. The van der Waals surface area contributed by atoms with E-state index in [2.05, 4.69) is 5.10 Å². The van der Waals surface area contributed by atoms with Gasteiger partial charge in [0.25, 0.3) is 5.56 Å². The number of nitrogens with zero attached hydrogens (tertiary/aromatic N) is 3. The standard InChI is InChI=1S/C10H7F2N3O2/c1-14-9(16)5-13-15(10(14)17)8-3-2-6(11)4-7(8)12/h2-5H,1H3. The van der Waals surface area contributed by atoms with Gasteiger partial charge >= 0.3 is 5.69 Å². The number of rotatable bonds is 1. The summed E-state index contributed by atoms with van der Waals surface area (Å²) < 4.78 is 27.6. The van der Waals surface area contributed by atoms with Gasteiger partial charge in [0.15, 0.2) is 5.82 Å². The zero-order chi connectivity index (χ0) is 12.6. The van der Waals surface area contributed by atoms with Crippen molar-refractivity contribution in [2.75, 3.05) is 0 Å².